The number of aromatic nitrogens is 2. The molecule has 0 saturated carbocycles. The fraction of sp³-hybridized carbons (Fsp3) is 0. The molecule has 0 aromatic carbocycles. The highest BCUT2D eigenvalue weighted by Gasteiger charge is 2.10. The average Bonchev–Trinajstić information content (AvgIpc) is 2.23. The molecule has 0 aliphatic carbocycles. The van der Waals surface area contributed by atoms with Gasteiger partial charge < -0.3 is 10.8 Å². The van der Waals surface area contributed by atoms with Gasteiger partial charge in [0.1, 0.15) is 17.0 Å². The second-order valence-electron chi connectivity index (χ2n) is 2.93. The molecule has 0 bridgehead atoms. The van der Waals surface area contributed by atoms with Crippen LogP contribution in [0.15, 0.2) is 29.2 Å². The van der Waals surface area contributed by atoms with E-state index in [4.69, 9.17) is 10.8 Å². The number of nitrogens with two attached hydrogens (primary N) is 1. The van der Waals surface area contributed by atoms with Crippen molar-refractivity contribution in [2.24, 2.45) is 0 Å². The molecule has 0 radical (unpaired) electrons. The second kappa shape index (κ2) is 3.09. The molecule has 2 aromatic rings. The Kier molecular flexibility index (Phi) is 1.89. The predicted octanol–water partition coefficient (Wildman–Crippen LogP) is -0.0251. The van der Waals surface area contributed by atoms with Crippen LogP contribution in [-0.4, -0.2) is 20.5 Å². The van der Waals surface area contributed by atoms with E-state index < -0.39 is 11.5 Å². The molecular weight excluding hydrogens is 198 g/mol. The molecule has 2 heterocycles. The number of nitrogen functional groups attached to an aromatic ring is 1. The van der Waals surface area contributed by atoms with E-state index in [2.05, 4.69) is 4.98 Å². The minimum atomic E-state index is -1.20. The van der Waals surface area contributed by atoms with E-state index in [0.29, 0.717) is 0 Å². The Balaban J connectivity index is 3.01. The Morgan fingerprint density at radius 1 is 1.47 bits per heavy atom. The minimum Gasteiger partial charge on any atom is -0.477 e. The summed E-state index contributed by atoms with van der Waals surface area (Å²) >= 11 is 0. The maximum absolute atomic E-state index is 11.6. The van der Waals surface area contributed by atoms with Crippen LogP contribution < -0.4 is 11.3 Å². The summed E-state index contributed by atoms with van der Waals surface area (Å²) in [4.78, 5) is 26.3. The van der Waals surface area contributed by atoms with Gasteiger partial charge >= 0.3 is 5.97 Å². The van der Waals surface area contributed by atoms with Crippen LogP contribution in [-0.2, 0) is 0 Å². The van der Waals surface area contributed by atoms with Crippen molar-refractivity contribution in [2.75, 3.05) is 5.73 Å². The van der Waals surface area contributed by atoms with Crippen LogP contribution in [0.2, 0.25) is 0 Å². The molecule has 0 spiro atoms. The average molecular weight is 205 g/mol. The van der Waals surface area contributed by atoms with Crippen molar-refractivity contribution in [1.82, 2.24) is 9.38 Å². The predicted molar refractivity (Wildman–Crippen MR) is 52.8 cm³/mol. The summed E-state index contributed by atoms with van der Waals surface area (Å²) in [5, 5.41) is 8.87. The third-order valence-electron chi connectivity index (χ3n) is 1.97. The van der Waals surface area contributed by atoms with Gasteiger partial charge in [-0.3, -0.25) is 9.20 Å². The van der Waals surface area contributed by atoms with Gasteiger partial charge in [0, 0.05) is 0 Å². The smallest absolute Gasteiger partial charge is 0.353 e. The van der Waals surface area contributed by atoms with Crippen LogP contribution in [0, 0.1) is 0 Å². The number of carboxylic acid groups (broad SMARTS) is 1. The third kappa shape index (κ3) is 1.32. The van der Waals surface area contributed by atoms with Crippen LogP contribution >= 0.6 is 0 Å². The van der Waals surface area contributed by atoms with Crippen LogP contribution in [0.3, 0.4) is 0 Å². The lowest BCUT2D eigenvalue weighted by Crippen LogP contribution is -2.23. The van der Waals surface area contributed by atoms with E-state index in [9.17, 15) is 9.59 Å². The van der Waals surface area contributed by atoms with Crippen molar-refractivity contribution >= 4 is 17.3 Å². The number of rotatable bonds is 1. The highest BCUT2D eigenvalue weighted by Crippen LogP contribution is 2.03. The van der Waals surface area contributed by atoms with Gasteiger partial charge in [0.25, 0.3) is 5.56 Å². The minimum absolute atomic E-state index is 0.0822. The van der Waals surface area contributed by atoms with Crippen molar-refractivity contribution in [2.45, 2.75) is 0 Å². The zero-order valence-electron chi connectivity index (χ0n) is 7.54. The molecular formula is C9H7N3O3. The van der Waals surface area contributed by atoms with Gasteiger partial charge in [-0.1, -0.05) is 6.07 Å². The lowest BCUT2D eigenvalue weighted by molar-refractivity contribution is 0.0688. The number of aromatic carboxylic acids is 1. The summed E-state index contributed by atoms with van der Waals surface area (Å²) < 4.78 is 0.970. The summed E-state index contributed by atoms with van der Waals surface area (Å²) in [5.41, 5.74) is 4.82. The maximum atomic E-state index is 11.6. The molecule has 0 aliphatic heterocycles. The zero-order chi connectivity index (χ0) is 11.0. The molecule has 6 heteroatoms. The molecule has 76 valence electrons. The van der Waals surface area contributed by atoms with Crippen LogP contribution in [0.4, 0.5) is 5.69 Å². The fourth-order valence-corrected chi connectivity index (χ4v) is 1.30. The Morgan fingerprint density at radius 3 is 2.87 bits per heavy atom. The molecule has 0 aliphatic rings. The molecule has 6 nitrogen and oxygen atoms in total. The lowest BCUT2D eigenvalue weighted by Gasteiger charge is -2.04. The molecule has 0 fully saturated rings. The number of carboxylic acids is 1. The first-order chi connectivity index (χ1) is 7.11. The zero-order valence-corrected chi connectivity index (χ0v) is 7.54. The first kappa shape index (κ1) is 9.20. The number of nitrogens with zero attached hydrogens (tertiary/aromatic N) is 2. The summed E-state index contributed by atoms with van der Waals surface area (Å²) in [6.45, 7) is 0. The van der Waals surface area contributed by atoms with Gasteiger partial charge in [-0.15, -0.1) is 0 Å². The van der Waals surface area contributed by atoms with Gasteiger partial charge in [0.05, 0.1) is 6.20 Å². The quantitative estimate of drug-likeness (QED) is 0.681. The van der Waals surface area contributed by atoms with Gasteiger partial charge in [0.2, 0.25) is 0 Å². The Hall–Kier alpha value is -2.37. The number of hydrogen-bond donors (Lipinski definition) is 2. The number of carbonyl (C=O) groups is 1. The maximum Gasteiger partial charge on any atom is 0.353 e. The van der Waals surface area contributed by atoms with Crippen molar-refractivity contribution in [3.8, 4) is 0 Å². The lowest BCUT2D eigenvalue weighted by atomic mass is 10.3. The first-order valence-electron chi connectivity index (χ1n) is 4.11. The van der Waals surface area contributed by atoms with E-state index in [1.165, 1.54) is 24.4 Å². The van der Waals surface area contributed by atoms with Crippen molar-refractivity contribution in [3.05, 3.63) is 40.4 Å². The summed E-state index contributed by atoms with van der Waals surface area (Å²) in [6, 6.07) is 4.37. The number of hydrogen-bond acceptors (Lipinski definition) is 4. The molecule has 15 heavy (non-hydrogen) atoms. The SMILES string of the molecule is Nc1cnc2cccc(C(=O)O)n2c1=O. The first-order valence-corrected chi connectivity index (χ1v) is 4.11. The monoisotopic (exact) mass is 205 g/mol. The topological polar surface area (TPSA) is 97.7 Å². The Labute approximate surface area is 83.6 Å². The Morgan fingerprint density at radius 2 is 2.20 bits per heavy atom. The van der Waals surface area contributed by atoms with Crippen molar-refractivity contribution < 1.29 is 9.90 Å². The molecule has 0 atom stereocenters. The second-order valence-corrected chi connectivity index (χ2v) is 2.93. The Bertz CT molecular complexity index is 603. The largest absolute Gasteiger partial charge is 0.477 e. The highest BCUT2D eigenvalue weighted by molar-refractivity contribution is 5.86. The standard InChI is InChI=1S/C9H7N3O3/c10-5-4-11-7-3-1-2-6(9(14)15)12(7)8(5)13/h1-4H,10H2,(H,14,15). The molecule has 3 N–H and O–H groups in total. The molecule has 2 aromatic heterocycles. The normalized spacial score (nSPS) is 10.4. The number of pyridine rings is 1. The number of anilines is 1. The molecule has 0 saturated heterocycles. The van der Waals surface area contributed by atoms with E-state index in [0.717, 1.165) is 4.40 Å². The summed E-state index contributed by atoms with van der Waals surface area (Å²) in [7, 11) is 0. The summed E-state index contributed by atoms with van der Waals surface area (Å²) in [6.07, 6.45) is 1.21. The summed E-state index contributed by atoms with van der Waals surface area (Å²) in [5.74, 6) is -1.20. The van der Waals surface area contributed by atoms with Gasteiger partial charge in [-0.05, 0) is 12.1 Å². The van der Waals surface area contributed by atoms with E-state index >= 15 is 0 Å². The van der Waals surface area contributed by atoms with E-state index in [-0.39, 0.29) is 17.0 Å². The van der Waals surface area contributed by atoms with E-state index in [1.54, 1.807) is 0 Å². The van der Waals surface area contributed by atoms with Crippen molar-refractivity contribution in [1.29, 1.82) is 0 Å². The third-order valence-corrected chi connectivity index (χ3v) is 1.97. The fourth-order valence-electron chi connectivity index (χ4n) is 1.30. The van der Waals surface area contributed by atoms with E-state index in [1.807, 2.05) is 0 Å². The highest BCUT2D eigenvalue weighted by atomic mass is 16.4. The molecule has 2 rings (SSSR count). The van der Waals surface area contributed by atoms with Crippen molar-refractivity contribution in [3.63, 3.8) is 0 Å². The van der Waals surface area contributed by atoms with Crippen LogP contribution in [0.1, 0.15) is 10.5 Å². The van der Waals surface area contributed by atoms with Gasteiger partial charge in [-0.25, -0.2) is 9.78 Å². The van der Waals surface area contributed by atoms with Crippen LogP contribution in [0.5, 0.6) is 0 Å². The van der Waals surface area contributed by atoms with Gasteiger partial charge in [-0.2, -0.15) is 0 Å². The van der Waals surface area contributed by atoms with Gasteiger partial charge in [0.15, 0.2) is 0 Å². The molecule has 0 amide bonds. The molecule has 0 unspecified atom stereocenters. The van der Waals surface area contributed by atoms with Crippen LogP contribution in [0.25, 0.3) is 5.65 Å². The number of fused-ring (bicyclic) bond motifs is 1.